The average Bonchev–Trinajstić information content (AvgIpc) is 2.54. The van der Waals surface area contributed by atoms with Crippen LogP contribution in [0.1, 0.15) is 25.8 Å². The van der Waals surface area contributed by atoms with Crippen LogP contribution in [0.4, 0.5) is 0 Å². The number of nitrogens with zero attached hydrogens (tertiary/aromatic N) is 1. The fraction of sp³-hybridized carbons (Fsp3) is 0.467. The van der Waals surface area contributed by atoms with Crippen LogP contribution in [0.3, 0.4) is 0 Å². The molecule has 0 bridgehead atoms. The molecule has 1 aliphatic heterocycles. The molecule has 0 aliphatic carbocycles. The molecular weight excluding hydrogens is 311 g/mol. The number of nitrogens with one attached hydrogen (secondary N) is 1. The predicted octanol–water partition coefficient (Wildman–Crippen LogP) is 2.87. The number of carbonyl (C=O) groups excluding carboxylic acids is 2. The zero-order chi connectivity index (χ0) is 15.6. The van der Waals surface area contributed by atoms with Crippen molar-refractivity contribution in [3.05, 3.63) is 33.8 Å². The average molecular weight is 329 g/mol. The molecule has 1 aromatic rings. The summed E-state index contributed by atoms with van der Waals surface area (Å²) in [5, 5.41) is 3.87. The van der Waals surface area contributed by atoms with E-state index in [2.05, 4.69) is 5.32 Å². The van der Waals surface area contributed by atoms with Gasteiger partial charge in [-0.25, -0.2) is 0 Å². The van der Waals surface area contributed by atoms with E-state index < -0.39 is 6.04 Å². The largest absolute Gasteiger partial charge is 0.344 e. The van der Waals surface area contributed by atoms with E-state index in [1.807, 2.05) is 19.9 Å². The van der Waals surface area contributed by atoms with Crippen molar-refractivity contribution in [2.75, 3.05) is 6.54 Å². The number of carbonyl (C=O) groups is 2. The van der Waals surface area contributed by atoms with Crippen LogP contribution in [0, 0.1) is 5.92 Å². The second-order valence-electron chi connectivity index (χ2n) is 5.53. The van der Waals surface area contributed by atoms with Gasteiger partial charge in [-0.15, -0.1) is 0 Å². The number of hydrogen-bond acceptors (Lipinski definition) is 2. The zero-order valence-electron chi connectivity index (χ0n) is 12.0. The number of rotatable bonds is 3. The van der Waals surface area contributed by atoms with Gasteiger partial charge < -0.3 is 10.2 Å². The molecule has 1 heterocycles. The molecule has 0 saturated carbocycles. The molecule has 4 nitrogen and oxygen atoms in total. The van der Waals surface area contributed by atoms with Crippen molar-refractivity contribution in [1.82, 2.24) is 10.2 Å². The molecule has 114 valence electrons. The quantitative estimate of drug-likeness (QED) is 0.927. The summed E-state index contributed by atoms with van der Waals surface area (Å²) in [7, 11) is 0. The van der Waals surface area contributed by atoms with Gasteiger partial charge in [0.05, 0.1) is 0 Å². The Morgan fingerprint density at radius 3 is 2.67 bits per heavy atom. The van der Waals surface area contributed by atoms with Crippen molar-refractivity contribution in [1.29, 1.82) is 0 Å². The maximum atomic E-state index is 12.6. The number of halogens is 2. The minimum atomic E-state index is -0.480. The lowest BCUT2D eigenvalue weighted by molar-refractivity contribution is -0.135. The molecule has 21 heavy (non-hydrogen) atoms. The van der Waals surface area contributed by atoms with E-state index in [9.17, 15) is 9.59 Å². The van der Waals surface area contributed by atoms with E-state index >= 15 is 0 Å². The number of hydrogen-bond donors (Lipinski definition) is 1. The summed E-state index contributed by atoms with van der Waals surface area (Å²) in [5.74, 6) is -0.114. The molecule has 0 aromatic heterocycles. The monoisotopic (exact) mass is 328 g/mol. The highest BCUT2D eigenvalue weighted by Crippen LogP contribution is 2.23. The summed E-state index contributed by atoms with van der Waals surface area (Å²) in [6.07, 6.45) is 0.306. The molecule has 1 saturated heterocycles. The van der Waals surface area contributed by atoms with Crippen molar-refractivity contribution in [2.24, 2.45) is 5.92 Å². The van der Waals surface area contributed by atoms with Gasteiger partial charge in [0.25, 0.3) is 0 Å². The second kappa shape index (κ2) is 6.67. The first-order valence-corrected chi connectivity index (χ1v) is 7.66. The van der Waals surface area contributed by atoms with Crippen molar-refractivity contribution in [2.45, 2.75) is 32.9 Å². The third-order valence-corrected chi connectivity index (χ3v) is 4.13. The van der Waals surface area contributed by atoms with Gasteiger partial charge in [0.1, 0.15) is 6.04 Å². The Hall–Kier alpha value is -1.26. The second-order valence-corrected chi connectivity index (χ2v) is 6.38. The summed E-state index contributed by atoms with van der Waals surface area (Å²) in [5.41, 5.74) is 0.825. The molecule has 1 fully saturated rings. The van der Waals surface area contributed by atoms with Crippen molar-refractivity contribution >= 4 is 35.0 Å². The molecule has 0 spiro atoms. The molecule has 2 amide bonds. The number of benzene rings is 1. The van der Waals surface area contributed by atoms with E-state index in [-0.39, 0.29) is 17.7 Å². The van der Waals surface area contributed by atoms with E-state index in [1.165, 1.54) is 0 Å². The van der Waals surface area contributed by atoms with Gasteiger partial charge in [0.2, 0.25) is 11.8 Å². The summed E-state index contributed by atoms with van der Waals surface area (Å²) >= 11 is 12.0. The Kier molecular flexibility index (Phi) is 5.12. The van der Waals surface area contributed by atoms with Crippen LogP contribution in [0.25, 0.3) is 0 Å². The molecule has 1 unspecified atom stereocenters. The Morgan fingerprint density at radius 1 is 1.33 bits per heavy atom. The third kappa shape index (κ3) is 3.89. The summed E-state index contributed by atoms with van der Waals surface area (Å²) in [6, 6.07) is 4.73. The standard InChI is InChI=1S/C15H18Cl2N2O2/c1-9(2)14-15(21)19(6-5-13(20)18-14)8-10-3-4-11(16)7-12(10)17/h3-4,7,9,14H,5-6,8H2,1-2H3,(H,18,20). The van der Waals surface area contributed by atoms with E-state index in [0.29, 0.717) is 29.6 Å². The van der Waals surface area contributed by atoms with Gasteiger partial charge >= 0.3 is 0 Å². The third-order valence-electron chi connectivity index (χ3n) is 3.55. The Morgan fingerprint density at radius 2 is 2.05 bits per heavy atom. The predicted molar refractivity (Wildman–Crippen MR) is 83.3 cm³/mol. The first-order valence-electron chi connectivity index (χ1n) is 6.90. The van der Waals surface area contributed by atoms with Crippen molar-refractivity contribution in [3.63, 3.8) is 0 Å². The summed E-state index contributed by atoms with van der Waals surface area (Å²) in [4.78, 5) is 26.0. The molecule has 0 radical (unpaired) electrons. The van der Waals surface area contributed by atoms with Crippen LogP contribution >= 0.6 is 23.2 Å². The lowest BCUT2D eigenvalue weighted by Gasteiger charge is -2.26. The highest BCUT2D eigenvalue weighted by atomic mass is 35.5. The minimum absolute atomic E-state index is 0.0442. The SMILES string of the molecule is CC(C)C1NC(=O)CCN(Cc2ccc(Cl)cc2Cl)C1=O. The maximum absolute atomic E-state index is 12.6. The molecule has 2 rings (SSSR count). The normalized spacial score (nSPS) is 19.7. The Bertz CT molecular complexity index is 561. The van der Waals surface area contributed by atoms with Crippen LogP contribution < -0.4 is 5.32 Å². The van der Waals surface area contributed by atoms with E-state index in [4.69, 9.17) is 23.2 Å². The van der Waals surface area contributed by atoms with Crippen LogP contribution in [-0.2, 0) is 16.1 Å². The van der Waals surface area contributed by atoms with Gasteiger partial charge in [-0.1, -0.05) is 43.1 Å². The smallest absolute Gasteiger partial charge is 0.245 e. The fourth-order valence-corrected chi connectivity index (χ4v) is 2.78. The lowest BCUT2D eigenvalue weighted by atomic mass is 10.0. The molecule has 1 N–H and O–H groups in total. The van der Waals surface area contributed by atoms with E-state index in [0.717, 1.165) is 5.56 Å². The van der Waals surface area contributed by atoms with Gasteiger partial charge in [-0.3, -0.25) is 9.59 Å². The fourth-order valence-electron chi connectivity index (χ4n) is 2.32. The maximum Gasteiger partial charge on any atom is 0.245 e. The Labute approximate surface area is 134 Å². The van der Waals surface area contributed by atoms with Crippen molar-refractivity contribution < 1.29 is 9.59 Å². The minimum Gasteiger partial charge on any atom is -0.344 e. The van der Waals surface area contributed by atoms with Crippen LogP contribution in [-0.4, -0.2) is 29.3 Å². The first kappa shape index (κ1) is 16.1. The first-order chi connectivity index (χ1) is 9.88. The summed E-state index contributed by atoms with van der Waals surface area (Å²) in [6.45, 7) is 4.61. The van der Waals surface area contributed by atoms with Gasteiger partial charge in [-0.2, -0.15) is 0 Å². The molecular formula is C15H18Cl2N2O2. The molecule has 6 heteroatoms. The zero-order valence-corrected chi connectivity index (χ0v) is 13.5. The number of amides is 2. The van der Waals surface area contributed by atoms with Gasteiger partial charge in [0.15, 0.2) is 0 Å². The van der Waals surface area contributed by atoms with Gasteiger partial charge in [-0.05, 0) is 23.6 Å². The topological polar surface area (TPSA) is 49.4 Å². The van der Waals surface area contributed by atoms with Crippen LogP contribution in [0.15, 0.2) is 18.2 Å². The Balaban J connectivity index is 2.21. The summed E-state index contributed by atoms with van der Waals surface area (Å²) < 4.78 is 0. The highest BCUT2D eigenvalue weighted by Gasteiger charge is 2.32. The molecule has 1 aliphatic rings. The van der Waals surface area contributed by atoms with Crippen molar-refractivity contribution in [3.8, 4) is 0 Å². The molecule has 1 atom stereocenters. The highest BCUT2D eigenvalue weighted by molar-refractivity contribution is 6.35. The lowest BCUT2D eigenvalue weighted by Crippen LogP contribution is -2.47. The van der Waals surface area contributed by atoms with E-state index in [1.54, 1.807) is 17.0 Å². The van der Waals surface area contributed by atoms with Gasteiger partial charge in [0, 0.05) is 29.6 Å². The van der Waals surface area contributed by atoms with Crippen LogP contribution in [0.2, 0.25) is 10.0 Å². The molecule has 1 aromatic carbocycles. The van der Waals surface area contributed by atoms with Crippen LogP contribution in [0.5, 0.6) is 0 Å².